The molecule has 0 unspecified atom stereocenters. The number of hydrogen-bond acceptors (Lipinski definition) is 10. The summed E-state index contributed by atoms with van der Waals surface area (Å²) in [5.41, 5.74) is 1.46. The fourth-order valence-corrected chi connectivity index (χ4v) is 7.33. The molecule has 0 spiro atoms. The van der Waals surface area contributed by atoms with Crippen molar-refractivity contribution in [3.63, 3.8) is 0 Å². The Labute approximate surface area is 280 Å². The second kappa shape index (κ2) is 16.0. The summed E-state index contributed by atoms with van der Waals surface area (Å²) in [6.45, 7) is 9.62. The third-order valence-corrected chi connectivity index (χ3v) is 10.9. The van der Waals surface area contributed by atoms with Crippen LogP contribution in [0.4, 0.5) is 16.2 Å². The highest BCUT2D eigenvalue weighted by atomic mass is 32.2. The molecule has 15 heteroatoms. The summed E-state index contributed by atoms with van der Waals surface area (Å²) in [6.07, 6.45) is 1.57. The molecule has 3 aromatic rings. The monoisotopic (exact) mass is 691 g/mol. The Morgan fingerprint density at radius 3 is 2.66 bits per heavy atom. The van der Waals surface area contributed by atoms with Crippen LogP contribution >= 0.6 is 11.3 Å². The highest BCUT2D eigenvalue weighted by molar-refractivity contribution is 7.94. The number of sulfonamides is 1. The highest BCUT2D eigenvalue weighted by Gasteiger charge is 2.31. The summed E-state index contributed by atoms with van der Waals surface area (Å²) in [4.78, 5) is 30.5. The predicted octanol–water partition coefficient (Wildman–Crippen LogP) is 5.11. The third kappa shape index (κ3) is 9.24. The van der Waals surface area contributed by atoms with Crippen LogP contribution in [-0.2, 0) is 14.8 Å². The van der Waals surface area contributed by atoms with Crippen molar-refractivity contribution >= 4 is 44.7 Å². The summed E-state index contributed by atoms with van der Waals surface area (Å²) < 4.78 is 46.4. The summed E-state index contributed by atoms with van der Waals surface area (Å²) in [5, 5.41) is 18.6. The van der Waals surface area contributed by atoms with Gasteiger partial charge in [-0.2, -0.15) is 0 Å². The van der Waals surface area contributed by atoms with Gasteiger partial charge in [0.1, 0.15) is 21.3 Å². The molecule has 0 radical (unpaired) electrons. The molecular formula is C32H45N5O8S2. The molecule has 2 aromatic heterocycles. The molecule has 1 aliphatic rings. The van der Waals surface area contributed by atoms with Crippen LogP contribution < -0.4 is 14.8 Å². The first-order valence-corrected chi connectivity index (χ1v) is 18.0. The topological polar surface area (TPSA) is 164 Å². The van der Waals surface area contributed by atoms with E-state index in [2.05, 4.69) is 15.2 Å². The number of aryl methyl sites for hydroxylation is 2. The minimum Gasteiger partial charge on any atom is -0.490 e. The van der Waals surface area contributed by atoms with Crippen LogP contribution in [0, 0.1) is 19.8 Å². The van der Waals surface area contributed by atoms with Gasteiger partial charge in [-0.15, -0.1) is 11.3 Å². The van der Waals surface area contributed by atoms with Gasteiger partial charge in [-0.3, -0.25) is 9.52 Å². The van der Waals surface area contributed by atoms with E-state index >= 15 is 0 Å². The van der Waals surface area contributed by atoms with E-state index in [9.17, 15) is 23.1 Å². The summed E-state index contributed by atoms with van der Waals surface area (Å²) >= 11 is 1.09. The van der Waals surface area contributed by atoms with Crippen LogP contribution in [0.2, 0.25) is 0 Å². The number of carbonyl (C=O) groups is 2. The number of aromatic nitrogens is 1. The Morgan fingerprint density at radius 2 is 2.00 bits per heavy atom. The van der Waals surface area contributed by atoms with E-state index in [1.54, 1.807) is 56.3 Å². The Balaban J connectivity index is 1.62. The van der Waals surface area contributed by atoms with Gasteiger partial charge < -0.3 is 34.2 Å². The maximum Gasteiger partial charge on any atom is 0.321 e. The number of hydrogen-bond donors (Lipinski definition) is 3. The first-order chi connectivity index (χ1) is 22.3. The minimum absolute atomic E-state index is 0.148. The number of nitrogens with one attached hydrogen (secondary N) is 2. The average Bonchev–Trinajstić information content (AvgIpc) is 3.69. The lowest BCUT2D eigenvalue weighted by Gasteiger charge is -2.35. The Bertz CT molecular complexity index is 1590. The Kier molecular flexibility index (Phi) is 12.3. The smallest absolute Gasteiger partial charge is 0.321 e. The molecule has 3 amide bonds. The van der Waals surface area contributed by atoms with E-state index in [0.717, 1.165) is 24.2 Å². The molecular weight excluding hydrogens is 647 g/mol. The first kappa shape index (κ1) is 36.2. The number of aliphatic hydroxyl groups excluding tert-OH is 1. The van der Waals surface area contributed by atoms with Crippen LogP contribution in [0.1, 0.15) is 61.8 Å². The Hall–Kier alpha value is -3.66. The molecule has 13 nitrogen and oxygen atoms in total. The van der Waals surface area contributed by atoms with Crippen molar-refractivity contribution in [2.24, 2.45) is 5.92 Å². The zero-order chi connectivity index (χ0) is 34.3. The first-order valence-electron chi connectivity index (χ1n) is 15.7. The van der Waals surface area contributed by atoms with Crippen LogP contribution in [0.25, 0.3) is 0 Å². The van der Waals surface area contributed by atoms with Crippen molar-refractivity contribution in [1.29, 1.82) is 0 Å². The number of carbonyl (C=O) groups excluding carboxylic acids is 2. The number of thiophene rings is 1. The zero-order valence-electron chi connectivity index (χ0n) is 27.7. The van der Waals surface area contributed by atoms with Crippen LogP contribution in [-0.4, -0.2) is 92.0 Å². The lowest BCUT2D eigenvalue weighted by atomic mass is 10.0. The van der Waals surface area contributed by atoms with Gasteiger partial charge in [0, 0.05) is 38.3 Å². The molecule has 0 bridgehead atoms. The van der Waals surface area contributed by atoms with Gasteiger partial charge in [0.15, 0.2) is 5.76 Å². The number of amides is 3. The fourth-order valence-electron chi connectivity index (χ4n) is 5.29. The van der Waals surface area contributed by atoms with E-state index in [1.807, 2.05) is 13.8 Å². The quantitative estimate of drug-likeness (QED) is 0.291. The molecule has 1 aliphatic heterocycles. The van der Waals surface area contributed by atoms with E-state index in [-0.39, 0.29) is 53.2 Å². The molecule has 4 rings (SSSR count). The maximum absolute atomic E-state index is 14.3. The minimum atomic E-state index is -3.86. The number of nitrogens with zero attached hydrogens (tertiary/aromatic N) is 3. The summed E-state index contributed by atoms with van der Waals surface area (Å²) in [7, 11) is -2.20. The fraction of sp³-hybridized carbons (Fsp3) is 0.531. The largest absolute Gasteiger partial charge is 0.490 e. The molecule has 3 heterocycles. The number of fused-ring (bicyclic) bond motifs is 1. The van der Waals surface area contributed by atoms with Gasteiger partial charge >= 0.3 is 6.03 Å². The van der Waals surface area contributed by atoms with Crippen LogP contribution in [0.15, 0.2) is 44.4 Å². The van der Waals surface area contributed by atoms with Gasteiger partial charge in [0.2, 0.25) is 0 Å². The van der Waals surface area contributed by atoms with Crippen molar-refractivity contribution in [3.8, 4) is 5.75 Å². The predicted molar refractivity (Wildman–Crippen MR) is 180 cm³/mol. The SMILES string of the molecule is Cc1noc(C)c1NC(=O)N(C)C[C@H]1OCCCC[C@@H](C)Oc2ccc(NS(=O)(=O)c3cccs3)cc2C(=O)N([C@@H](C)CO)C[C@@H]1C. The van der Waals surface area contributed by atoms with E-state index in [1.165, 1.54) is 17.0 Å². The van der Waals surface area contributed by atoms with Crippen molar-refractivity contribution in [3.05, 3.63) is 52.7 Å². The Morgan fingerprint density at radius 1 is 1.23 bits per heavy atom. The van der Waals surface area contributed by atoms with Crippen molar-refractivity contribution in [2.45, 2.75) is 76.3 Å². The van der Waals surface area contributed by atoms with Crippen LogP contribution in [0.5, 0.6) is 5.75 Å². The zero-order valence-corrected chi connectivity index (χ0v) is 29.3. The third-order valence-electron chi connectivity index (χ3n) is 8.13. The number of ether oxygens (including phenoxy) is 2. The van der Waals surface area contributed by atoms with Crippen molar-refractivity contribution in [1.82, 2.24) is 15.0 Å². The maximum atomic E-state index is 14.3. The molecule has 1 aromatic carbocycles. The molecule has 47 heavy (non-hydrogen) atoms. The lowest BCUT2D eigenvalue weighted by molar-refractivity contribution is -0.0115. The lowest BCUT2D eigenvalue weighted by Crippen LogP contribution is -2.48. The number of aliphatic hydroxyl groups is 1. The number of rotatable bonds is 8. The molecule has 3 N–H and O–H groups in total. The van der Waals surface area contributed by atoms with E-state index < -0.39 is 28.1 Å². The van der Waals surface area contributed by atoms with Crippen LogP contribution in [0.3, 0.4) is 0 Å². The second-order valence-electron chi connectivity index (χ2n) is 12.1. The normalized spacial score (nSPS) is 20.4. The number of benzene rings is 1. The second-order valence-corrected chi connectivity index (χ2v) is 14.9. The van der Waals surface area contributed by atoms with Crippen molar-refractivity contribution in [2.75, 3.05) is 43.4 Å². The number of likely N-dealkylation sites (N-methyl/N-ethyl adjacent to an activating group) is 1. The van der Waals surface area contributed by atoms with Gasteiger partial charge in [0.05, 0.1) is 30.4 Å². The standard InChI is InChI=1S/C32H45N5O8S2/c1-20-17-37(21(2)19-38)31(39)26-16-25(35-47(41,42)29-11-9-15-46-29)12-13-27(26)44-22(3)10-7-8-14-43-28(20)18-36(6)32(40)33-30-23(4)34-45-24(30)5/h9,11-13,15-16,20-22,28,35,38H,7-8,10,14,17-19H2,1-6H3,(H,33,40)/t20-,21-,22+,28+/m0/s1. The van der Waals surface area contributed by atoms with E-state index in [4.69, 9.17) is 14.0 Å². The molecule has 4 atom stereocenters. The molecule has 0 saturated heterocycles. The summed E-state index contributed by atoms with van der Waals surface area (Å²) in [6, 6.07) is 6.86. The molecule has 0 saturated carbocycles. The van der Waals surface area contributed by atoms with Crippen molar-refractivity contribution < 1.29 is 37.1 Å². The molecule has 0 fully saturated rings. The van der Waals surface area contributed by atoms with Gasteiger partial charge in [0.25, 0.3) is 15.9 Å². The summed E-state index contributed by atoms with van der Waals surface area (Å²) in [5.74, 6) is 0.122. The number of anilines is 2. The van der Waals surface area contributed by atoms with Gasteiger partial charge in [-0.1, -0.05) is 18.1 Å². The number of urea groups is 1. The van der Waals surface area contributed by atoms with E-state index in [0.29, 0.717) is 35.9 Å². The van der Waals surface area contributed by atoms with Gasteiger partial charge in [-0.25, -0.2) is 13.2 Å². The molecule has 258 valence electrons. The average molecular weight is 692 g/mol. The molecule has 0 aliphatic carbocycles. The highest BCUT2D eigenvalue weighted by Crippen LogP contribution is 2.30. The van der Waals surface area contributed by atoms with Gasteiger partial charge in [-0.05, 0) is 76.6 Å².